The zero-order valence-corrected chi connectivity index (χ0v) is 22.1. The molecular weight excluding hydrogens is 477 g/mol. The largest absolute Gasteiger partial charge is 0.379 e. The number of halogens is 1. The summed E-state index contributed by atoms with van der Waals surface area (Å²) in [6, 6.07) is 21.3. The number of rotatable bonds is 6. The van der Waals surface area contributed by atoms with E-state index in [4.69, 9.17) is 4.74 Å². The van der Waals surface area contributed by atoms with Gasteiger partial charge >= 0.3 is 0 Å². The number of amides is 1. The Morgan fingerprint density at radius 2 is 1.42 bits per heavy atom. The highest BCUT2D eigenvalue weighted by Crippen LogP contribution is 2.32. The first-order valence-corrected chi connectivity index (χ1v) is 14.2. The highest BCUT2D eigenvalue weighted by molar-refractivity contribution is 6.07. The minimum atomic E-state index is -0.165. The molecule has 3 aromatic carbocycles. The molecule has 38 heavy (non-hydrogen) atoms. The molecule has 3 fully saturated rings. The topological polar surface area (TPSA) is 36.0 Å². The van der Waals surface area contributed by atoms with Crippen LogP contribution in [0.15, 0.2) is 66.7 Å². The van der Waals surface area contributed by atoms with Gasteiger partial charge in [0.1, 0.15) is 5.82 Å². The van der Waals surface area contributed by atoms with Crippen LogP contribution in [0.5, 0.6) is 0 Å². The molecule has 0 saturated carbocycles. The van der Waals surface area contributed by atoms with Crippen LogP contribution in [0.4, 0.5) is 4.39 Å². The molecule has 3 aromatic rings. The molecule has 0 aliphatic carbocycles. The van der Waals surface area contributed by atoms with E-state index in [0.717, 1.165) is 94.7 Å². The van der Waals surface area contributed by atoms with Gasteiger partial charge in [-0.3, -0.25) is 9.69 Å². The fourth-order valence-corrected chi connectivity index (χ4v) is 6.73. The summed E-state index contributed by atoms with van der Waals surface area (Å²) in [5.74, 6) is 1.41. The van der Waals surface area contributed by atoms with Crippen LogP contribution in [0, 0.1) is 17.7 Å². The number of carbonyl (C=O) groups excluding carboxylic acids is 1. The van der Waals surface area contributed by atoms with Crippen molar-refractivity contribution in [2.24, 2.45) is 11.8 Å². The minimum absolute atomic E-state index is 0.159. The van der Waals surface area contributed by atoms with Crippen molar-refractivity contribution in [3.8, 4) is 0 Å². The average molecular weight is 516 g/mol. The van der Waals surface area contributed by atoms with Gasteiger partial charge in [0.05, 0.1) is 13.2 Å². The highest BCUT2D eigenvalue weighted by atomic mass is 19.1. The summed E-state index contributed by atoms with van der Waals surface area (Å²) in [6.07, 6.45) is 2.20. The molecule has 0 spiro atoms. The van der Waals surface area contributed by atoms with Gasteiger partial charge in [-0.25, -0.2) is 4.39 Å². The number of ether oxygens (including phenoxy) is 1. The molecule has 6 rings (SSSR count). The van der Waals surface area contributed by atoms with E-state index >= 15 is 0 Å². The Balaban J connectivity index is 1.14. The predicted molar refractivity (Wildman–Crippen MR) is 149 cm³/mol. The molecule has 0 bridgehead atoms. The molecule has 3 aliphatic rings. The quantitative estimate of drug-likeness (QED) is 0.469. The number of piperidine rings is 1. The second-order valence-electron chi connectivity index (χ2n) is 11.3. The van der Waals surface area contributed by atoms with Gasteiger partial charge in [-0.15, -0.1) is 0 Å². The van der Waals surface area contributed by atoms with Gasteiger partial charge in [0.2, 0.25) is 0 Å². The fraction of sp³-hybridized carbons (Fsp3) is 0.469. The number of fused-ring (bicyclic) bond motifs is 1. The van der Waals surface area contributed by atoms with E-state index in [1.807, 2.05) is 36.4 Å². The molecule has 5 nitrogen and oxygen atoms in total. The molecule has 3 saturated heterocycles. The van der Waals surface area contributed by atoms with Crippen LogP contribution in [0.3, 0.4) is 0 Å². The average Bonchev–Trinajstić information content (AvgIpc) is 3.35. The van der Waals surface area contributed by atoms with E-state index in [1.54, 1.807) is 12.1 Å². The number of likely N-dealkylation sites (tertiary alicyclic amines) is 2. The number of morpholine rings is 1. The molecule has 6 heteroatoms. The van der Waals surface area contributed by atoms with Gasteiger partial charge in [0.15, 0.2) is 0 Å². The van der Waals surface area contributed by atoms with Crippen LogP contribution >= 0.6 is 0 Å². The first-order chi connectivity index (χ1) is 18.6. The Kier molecular flexibility index (Phi) is 7.72. The van der Waals surface area contributed by atoms with Gasteiger partial charge in [-0.2, -0.15) is 0 Å². The molecule has 0 radical (unpaired) electrons. The van der Waals surface area contributed by atoms with Crippen LogP contribution in [0.1, 0.15) is 34.7 Å². The lowest BCUT2D eigenvalue weighted by atomic mass is 9.88. The number of nitrogens with zero attached hydrogens (tertiary/aromatic N) is 3. The second kappa shape index (κ2) is 11.5. The molecule has 3 aliphatic heterocycles. The summed E-state index contributed by atoms with van der Waals surface area (Å²) in [5, 5.41) is 2.15. The Labute approximate surface area is 225 Å². The Morgan fingerprint density at radius 3 is 2.13 bits per heavy atom. The molecule has 0 aromatic heterocycles. The van der Waals surface area contributed by atoms with Crippen LogP contribution in [-0.4, -0.2) is 86.2 Å². The highest BCUT2D eigenvalue weighted by Gasteiger charge is 2.38. The van der Waals surface area contributed by atoms with Crippen molar-refractivity contribution < 1.29 is 13.9 Å². The second-order valence-corrected chi connectivity index (χ2v) is 11.3. The fourth-order valence-electron chi connectivity index (χ4n) is 6.73. The smallest absolute Gasteiger partial charge is 0.254 e. The van der Waals surface area contributed by atoms with Crippen molar-refractivity contribution in [1.82, 2.24) is 14.7 Å². The molecule has 1 amide bonds. The Bertz CT molecular complexity index is 1230. The summed E-state index contributed by atoms with van der Waals surface area (Å²) < 4.78 is 19.0. The number of hydrogen-bond acceptors (Lipinski definition) is 4. The molecule has 3 heterocycles. The zero-order chi connectivity index (χ0) is 25.9. The number of benzene rings is 3. The van der Waals surface area contributed by atoms with Gasteiger partial charge in [-0.1, -0.05) is 48.5 Å². The summed E-state index contributed by atoms with van der Waals surface area (Å²) in [7, 11) is 0. The molecule has 200 valence electrons. The zero-order valence-electron chi connectivity index (χ0n) is 22.1. The lowest BCUT2D eigenvalue weighted by Gasteiger charge is -2.36. The van der Waals surface area contributed by atoms with Crippen molar-refractivity contribution in [3.63, 3.8) is 0 Å². The lowest BCUT2D eigenvalue weighted by molar-refractivity contribution is 0.0268. The number of carbonyl (C=O) groups is 1. The maximum atomic E-state index is 13.8. The van der Waals surface area contributed by atoms with Gasteiger partial charge in [0.25, 0.3) is 5.91 Å². The van der Waals surface area contributed by atoms with E-state index < -0.39 is 0 Å². The van der Waals surface area contributed by atoms with E-state index in [-0.39, 0.29) is 11.7 Å². The molecule has 1 unspecified atom stereocenters. The van der Waals surface area contributed by atoms with Crippen molar-refractivity contribution >= 4 is 16.7 Å². The Hall–Kier alpha value is -2.80. The van der Waals surface area contributed by atoms with E-state index in [2.05, 4.69) is 32.9 Å². The van der Waals surface area contributed by atoms with Crippen LogP contribution < -0.4 is 0 Å². The van der Waals surface area contributed by atoms with Gasteiger partial charge in [0, 0.05) is 44.8 Å². The standard InChI is InChI=1S/C32H38FN3O2/c33-29-10-8-24(9-11-29)25-12-14-34(15-13-25)20-27-22-36(23-28(27)21-35-16-18-38-19-17-35)32(37)31-7-3-5-26-4-1-2-6-30(26)31/h1-11,25,27-28H,12-23H2/t27?,28-/m1/s1. The van der Waals surface area contributed by atoms with Crippen molar-refractivity contribution in [1.29, 1.82) is 0 Å². The van der Waals surface area contributed by atoms with Crippen LogP contribution in [-0.2, 0) is 4.74 Å². The Morgan fingerprint density at radius 1 is 0.789 bits per heavy atom. The van der Waals surface area contributed by atoms with E-state index in [9.17, 15) is 9.18 Å². The summed E-state index contributed by atoms with van der Waals surface area (Å²) in [5.41, 5.74) is 2.07. The maximum Gasteiger partial charge on any atom is 0.254 e. The number of hydrogen-bond donors (Lipinski definition) is 0. The summed E-state index contributed by atoms with van der Waals surface area (Å²) in [6.45, 7) is 9.35. The first-order valence-electron chi connectivity index (χ1n) is 14.2. The molecular formula is C32H38FN3O2. The van der Waals surface area contributed by atoms with E-state index in [0.29, 0.717) is 17.8 Å². The summed E-state index contributed by atoms with van der Waals surface area (Å²) in [4.78, 5) is 21.0. The summed E-state index contributed by atoms with van der Waals surface area (Å²) >= 11 is 0. The molecule has 0 N–H and O–H groups in total. The third-order valence-corrected chi connectivity index (χ3v) is 8.90. The maximum absolute atomic E-state index is 13.8. The van der Waals surface area contributed by atoms with Crippen LogP contribution in [0.25, 0.3) is 10.8 Å². The lowest BCUT2D eigenvalue weighted by Crippen LogP contribution is -2.43. The normalized spacial score (nSPS) is 23.8. The third kappa shape index (κ3) is 5.63. The molecule has 2 atom stereocenters. The first kappa shape index (κ1) is 25.5. The van der Waals surface area contributed by atoms with Crippen LogP contribution in [0.2, 0.25) is 0 Å². The van der Waals surface area contributed by atoms with Crippen molar-refractivity contribution in [2.75, 3.05) is 65.6 Å². The monoisotopic (exact) mass is 515 g/mol. The SMILES string of the molecule is O=C(c1cccc2ccccc12)N1CC(CN2CCC(c3ccc(F)cc3)CC2)[C@H](CN2CCOCC2)C1. The van der Waals surface area contributed by atoms with Crippen molar-refractivity contribution in [3.05, 3.63) is 83.7 Å². The predicted octanol–water partition coefficient (Wildman–Crippen LogP) is 4.88. The van der Waals surface area contributed by atoms with Crippen molar-refractivity contribution in [2.45, 2.75) is 18.8 Å². The van der Waals surface area contributed by atoms with Gasteiger partial charge < -0.3 is 14.5 Å². The van der Waals surface area contributed by atoms with Gasteiger partial charge in [-0.05, 0) is 78.2 Å². The minimum Gasteiger partial charge on any atom is -0.379 e. The van der Waals surface area contributed by atoms with E-state index in [1.165, 1.54) is 5.56 Å². The third-order valence-electron chi connectivity index (χ3n) is 8.90.